The maximum Gasteiger partial charge on any atom is 0.255 e. The van der Waals surface area contributed by atoms with Crippen LogP contribution in [0.25, 0.3) is 0 Å². The van der Waals surface area contributed by atoms with E-state index in [0.29, 0.717) is 34.1 Å². The fourth-order valence-electron chi connectivity index (χ4n) is 2.64. The number of benzene rings is 3. The molecule has 0 radical (unpaired) electrons. The normalized spacial score (nSPS) is 10.3. The van der Waals surface area contributed by atoms with Gasteiger partial charge in [-0.3, -0.25) is 9.59 Å². The molecule has 3 aromatic rings. The lowest BCUT2D eigenvalue weighted by atomic mass is 10.1. The molecular formula is C21H18ClN3O2. The highest BCUT2D eigenvalue weighted by Gasteiger charge is 2.08. The number of carbonyl (C=O) groups excluding carboxylic acids is 2. The summed E-state index contributed by atoms with van der Waals surface area (Å²) in [5, 5.41) is 6.56. The van der Waals surface area contributed by atoms with Crippen LogP contribution in [0.5, 0.6) is 0 Å². The van der Waals surface area contributed by atoms with Gasteiger partial charge in [-0.1, -0.05) is 41.9 Å². The zero-order chi connectivity index (χ0) is 19.2. The van der Waals surface area contributed by atoms with Gasteiger partial charge < -0.3 is 16.4 Å². The van der Waals surface area contributed by atoms with Crippen LogP contribution in [0.2, 0.25) is 5.02 Å². The van der Waals surface area contributed by atoms with E-state index in [4.69, 9.17) is 17.3 Å². The van der Waals surface area contributed by atoms with Gasteiger partial charge >= 0.3 is 0 Å². The largest absolute Gasteiger partial charge is 0.380 e. The summed E-state index contributed by atoms with van der Waals surface area (Å²) >= 11 is 5.93. The van der Waals surface area contributed by atoms with Crippen molar-refractivity contribution in [2.24, 2.45) is 5.73 Å². The van der Waals surface area contributed by atoms with Crippen LogP contribution < -0.4 is 16.4 Å². The third-order valence-electron chi connectivity index (χ3n) is 3.95. The highest BCUT2D eigenvalue weighted by atomic mass is 35.5. The number of amides is 2. The molecule has 0 heterocycles. The lowest BCUT2D eigenvalue weighted by molar-refractivity contribution is 0.0998. The van der Waals surface area contributed by atoms with Gasteiger partial charge in [0, 0.05) is 28.5 Å². The molecule has 5 nitrogen and oxygen atoms in total. The Morgan fingerprint density at radius 3 is 2.48 bits per heavy atom. The molecule has 6 heteroatoms. The zero-order valence-electron chi connectivity index (χ0n) is 14.4. The van der Waals surface area contributed by atoms with Crippen molar-refractivity contribution >= 4 is 34.8 Å². The summed E-state index contributed by atoms with van der Waals surface area (Å²) in [4.78, 5) is 23.8. The van der Waals surface area contributed by atoms with Crippen molar-refractivity contribution in [1.29, 1.82) is 0 Å². The quantitative estimate of drug-likeness (QED) is 0.596. The molecule has 0 fully saturated rings. The summed E-state index contributed by atoms with van der Waals surface area (Å²) in [6.07, 6.45) is 0. The fraction of sp³-hybridized carbons (Fsp3) is 0.0476. The Balaban J connectivity index is 1.69. The fourth-order valence-corrected chi connectivity index (χ4v) is 2.83. The van der Waals surface area contributed by atoms with E-state index in [1.54, 1.807) is 42.5 Å². The van der Waals surface area contributed by atoms with Crippen LogP contribution in [0, 0.1) is 0 Å². The lowest BCUT2D eigenvalue weighted by Gasteiger charge is -2.11. The van der Waals surface area contributed by atoms with Gasteiger partial charge in [-0.2, -0.15) is 0 Å². The van der Waals surface area contributed by atoms with E-state index >= 15 is 0 Å². The van der Waals surface area contributed by atoms with Crippen LogP contribution in [-0.4, -0.2) is 11.8 Å². The second-order valence-corrected chi connectivity index (χ2v) is 6.36. The van der Waals surface area contributed by atoms with E-state index in [1.165, 1.54) is 0 Å². The topological polar surface area (TPSA) is 84.2 Å². The van der Waals surface area contributed by atoms with Crippen molar-refractivity contribution in [2.75, 3.05) is 10.6 Å². The van der Waals surface area contributed by atoms with Crippen LogP contribution >= 0.6 is 11.6 Å². The molecule has 0 aromatic heterocycles. The van der Waals surface area contributed by atoms with Gasteiger partial charge in [0.15, 0.2) is 0 Å². The summed E-state index contributed by atoms with van der Waals surface area (Å²) in [7, 11) is 0. The Labute approximate surface area is 162 Å². The smallest absolute Gasteiger partial charge is 0.255 e. The molecule has 3 rings (SSSR count). The number of para-hydroxylation sites is 1. The first kappa shape index (κ1) is 18.5. The monoisotopic (exact) mass is 379 g/mol. The molecule has 4 N–H and O–H groups in total. The molecule has 0 atom stereocenters. The number of primary amides is 1. The molecule has 0 aliphatic rings. The Morgan fingerprint density at radius 2 is 1.70 bits per heavy atom. The molecule has 0 aliphatic heterocycles. The van der Waals surface area contributed by atoms with Gasteiger partial charge in [-0.15, -0.1) is 0 Å². The van der Waals surface area contributed by atoms with E-state index in [-0.39, 0.29) is 5.91 Å². The van der Waals surface area contributed by atoms with Gasteiger partial charge in [-0.05, 0) is 48.0 Å². The summed E-state index contributed by atoms with van der Waals surface area (Å²) in [5.41, 5.74) is 8.59. The summed E-state index contributed by atoms with van der Waals surface area (Å²) in [6.45, 7) is 0.477. The number of rotatable bonds is 6. The minimum Gasteiger partial charge on any atom is -0.380 e. The predicted molar refractivity (Wildman–Crippen MR) is 108 cm³/mol. The number of anilines is 2. The average Bonchev–Trinajstić information content (AvgIpc) is 2.67. The van der Waals surface area contributed by atoms with E-state index in [1.807, 2.05) is 30.3 Å². The van der Waals surface area contributed by atoms with Crippen LogP contribution in [0.1, 0.15) is 26.3 Å². The van der Waals surface area contributed by atoms with Gasteiger partial charge in [0.1, 0.15) is 0 Å². The SMILES string of the molecule is NC(=O)c1ccccc1NCc1cccc(NC(=O)c2cccc(Cl)c2)c1. The van der Waals surface area contributed by atoms with E-state index in [0.717, 1.165) is 5.56 Å². The van der Waals surface area contributed by atoms with Crippen molar-refractivity contribution < 1.29 is 9.59 Å². The molecule has 27 heavy (non-hydrogen) atoms. The van der Waals surface area contributed by atoms with Crippen LogP contribution in [-0.2, 0) is 6.54 Å². The van der Waals surface area contributed by atoms with Crippen LogP contribution in [0.3, 0.4) is 0 Å². The molecule has 0 spiro atoms. The Kier molecular flexibility index (Phi) is 5.74. The average molecular weight is 380 g/mol. The number of hydrogen-bond acceptors (Lipinski definition) is 3. The molecule has 0 saturated carbocycles. The van der Waals surface area contributed by atoms with Crippen molar-refractivity contribution in [3.8, 4) is 0 Å². The number of nitrogens with one attached hydrogen (secondary N) is 2. The standard InChI is InChI=1S/C21H18ClN3O2/c22-16-7-4-6-15(12-16)21(27)25-17-8-3-5-14(11-17)13-24-19-10-2-1-9-18(19)20(23)26/h1-12,24H,13H2,(H2,23,26)(H,25,27). The summed E-state index contributed by atoms with van der Waals surface area (Å²) in [5.74, 6) is -0.720. The number of halogens is 1. The predicted octanol–water partition coefficient (Wildman–Crippen LogP) is 4.30. The van der Waals surface area contributed by atoms with E-state index in [9.17, 15) is 9.59 Å². The Morgan fingerprint density at radius 1 is 0.926 bits per heavy atom. The highest BCUT2D eigenvalue weighted by molar-refractivity contribution is 6.31. The summed E-state index contributed by atoms with van der Waals surface area (Å²) in [6, 6.07) is 21.3. The van der Waals surface area contributed by atoms with Crippen molar-refractivity contribution in [3.63, 3.8) is 0 Å². The Bertz CT molecular complexity index is 988. The number of nitrogens with two attached hydrogens (primary N) is 1. The molecule has 0 bridgehead atoms. The van der Waals surface area contributed by atoms with Crippen LogP contribution in [0.4, 0.5) is 11.4 Å². The van der Waals surface area contributed by atoms with Gasteiger partial charge in [-0.25, -0.2) is 0 Å². The van der Waals surface area contributed by atoms with E-state index in [2.05, 4.69) is 10.6 Å². The number of hydrogen-bond donors (Lipinski definition) is 3. The second-order valence-electron chi connectivity index (χ2n) is 5.93. The maximum absolute atomic E-state index is 12.3. The zero-order valence-corrected chi connectivity index (χ0v) is 15.2. The Hall–Kier alpha value is -3.31. The van der Waals surface area contributed by atoms with Crippen molar-refractivity contribution in [2.45, 2.75) is 6.54 Å². The minimum atomic E-state index is -0.486. The second kappa shape index (κ2) is 8.38. The molecule has 0 unspecified atom stereocenters. The van der Waals surface area contributed by atoms with Crippen molar-refractivity contribution in [1.82, 2.24) is 0 Å². The molecular weight excluding hydrogens is 362 g/mol. The highest BCUT2D eigenvalue weighted by Crippen LogP contribution is 2.18. The molecule has 136 valence electrons. The third-order valence-corrected chi connectivity index (χ3v) is 4.18. The molecule has 3 aromatic carbocycles. The number of carbonyl (C=O) groups is 2. The van der Waals surface area contributed by atoms with Crippen molar-refractivity contribution in [3.05, 3.63) is 94.5 Å². The first-order valence-corrected chi connectivity index (χ1v) is 8.69. The molecule has 2 amide bonds. The third kappa shape index (κ3) is 4.86. The first-order chi connectivity index (χ1) is 13.0. The summed E-state index contributed by atoms with van der Waals surface area (Å²) < 4.78 is 0. The van der Waals surface area contributed by atoms with Gasteiger partial charge in [0.2, 0.25) is 0 Å². The first-order valence-electron chi connectivity index (χ1n) is 8.31. The van der Waals surface area contributed by atoms with Gasteiger partial charge in [0.05, 0.1) is 5.56 Å². The van der Waals surface area contributed by atoms with E-state index < -0.39 is 5.91 Å². The lowest BCUT2D eigenvalue weighted by Crippen LogP contribution is -2.14. The molecule has 0 saturated heterocycles. The molecule has 0 aliphatic carbocycles. The maximum atomic E-state index is 12.3. The van der Waals surface area contributed by atoms with Crippen LogP contribution in [0.15, 0.2) is 72.8 Å². The minimum absolute atomic E-state index is 0.235. The van der Waals surface area contributed by atoms with Gasteiger partial charge in [0.25, 0.3) is 11.8 Å².